The van der Waals surface area contributed by atoms with Crippen LogP contribution in [0.15, 0.2) is 54.7 Å². The number of halogens is 1. The number of carbonyl (C=O) groups is 1. The van der Waals surface area contributed by atoms with E-state index in [2.05, 4.69) is 15.3 Å². The molecule has 1 N–H and O–H groups in total. The molecule has 2 aromatic carbocycles. The van der Waals surface area contributed by atoms with Gasteiger partial charge in [0.15, 0.2) is 0 Å². The van der Waals surface area contributed by atoms with Crippen LogP contribution in [0.5, 0.6) is 0 Å². The van der Waals surface area contributed by atoms with Crippen LogP contribution in [0.3, 0.4) is 0 Å². The van der Waals surface area contributed by atoms with E-state index in [1.807, 2.05) is 12.1 Å². The van der Waals surface area contributed by atoms with Gasteiger partial charge in [-0.2, -0.15) is 0 Å². The summed E-state index contributed by atoms with van der Waals surface area (Å²) in [5.41, 5.74) is 1.59. The van der Waals surface area contributed by atoms with Gasteiger partial charge in [-0.3, -0.25) is 9.78 Å². The fourth-order valence-electron chi connectivity index (χ4n) is 1.82. The maximum atomic E-state index is 13.5. The first kappa shape index (κ1) is 12.2. The van der Waals surface area contributed by atoms with E-state index in [0.29, 0.717) is 11.0 Å². The molecule has 20 heavy (non-hydrogen) atoms. The number of nitrogens with zero attached hydrogens (tertiary/aromatic N) is 2. The fraction of sp³-hybridized carbons (Fsp3) is 0. The van der Waals surface area contributed by atoms with Crippen molar-refractivity contribution in [3.8, 4) is 0 Å². The number of carbonyl (C=O) groups excluding carboxylic acids is 1. The Kier molecular flexibility index (Phi) is 3.09. The Morgan fingerprint density at radius 2 is 1.70 bits per heavy atom. The first-order chi connectivity index (χ1) is 9.74. The van der Waals surface area contributed by atoms with Crippen molar-refractivity contribution in [2.45, 2.75) is 0 Å². The number of aromatic nitrogens is 2. The average Bonchev–Trinajstić information content (AvgIpc) is 2.49. The summed E-state index contributed by atoms with van der Waals surface area (Å²) in [5.74, 6) is -0.983. The van der Waals surface area contributed by atoms with Gasteiger partial charge in [0, 0.05) is 0 Å². The first-order valence-corrected chi connectivity index (χ1v) is 6.02. The smallest absolute Gasteiger partial charge is 0.275 e. The maximum absolute atomic E-state index is 13.5. The van der Waals surface area contributed by atoms with Gasteiger partial charge >= 0.3 is 0 Å². The van der Waals surface area contributed by atoms with Crippen molar-refractivity contribution in [1.82, 2.24) is 9.97 Å². The van der Waals surface area contributed by atoms with E-state index in [1.54, 1.807) is 24.3 Å². The van der Waals surface area contributed by atoms with Gasteiger partial charge in [-0.05, 0) is 24.3 Å². The highest BCUT2D eigenvalue weighted by molar-refractivity contribution is 6.03. The molecule has 3 aromatic rings. The standard InChI is InChI=1S/C15H10FN3O/c16-10-5-1-2-6-11(10)19-15(20)14-9-17-12-7-3-4-8-13(12)18-14/h1-9H,(H,19,20). The van der Waals surface area contributed by atoms with Gasteiger partial charge in [-0.15, -0.1) is 0 Å². The number of hydrogen-bond acceptors (Lipinski definition) is 3. The number of hydrogen-bond donors (Lipinski definition) is 1. The molecule has 1 heterocycles. The van der Waals surface area contributed by atoms with Crippen LogP contribution in [-0.4, -0.2) is 15.9 Å². The van der Waals surface area contributed by atoms with E-state index in [1.165, 1.54) is 18.3 Å². The van der Waals surface area contributed by atoms with Crippen molar-refractivity contribution in [1.29, 1.82) is 0 Å². The van der Waals surface area contributed by atoms with Crippen molar-refractivity contribution in [2.24, 2.45) is 0 Å². The SMILES string of the molecule is O=C(Nc1ccccc1F)c1cnc2ccccc2n1. The van der Waals surface area contributed by atoms with Gasteiger partial charge in [0.25, 0.3) is 5.91 Å². The molecular weight excluding hydrogens is 257 g/mol. The van der Waals surface area contributed by atoms with Crippen LogP contribution >= 0.6 is 0 Å². The lowest BCUT2D eigenvalue weighted by Gasteiger charge is -2.06. The Labute approximate surface area is 114 Å². The summed E-state index contributed by atoms with van der Waals surface area (Å²) >= 11 is 0. The zero-order valence-electron chi connectivity index (χ0n) is 10.4. The topological polar surface area (TPSA) is 54.9 Å². The molecular formula is C15H10FN3O. The molecule has 0 bridgehead atoms. The quantitative estimate of drug-likeness (QED) is 0.776. The monoisotopic (exact) mass is 267 g/mol. The second-order valence-electron chi connectivity index (χ2n) is 4.18. The third-order valence-corrected chi connectivity index (χ3v) is 2.80. The fourth-order valence-corrected chi connectivity index (χ4v) is 1.82. The number of rotatable bonds is 2. The zero-order valence-corrected chi connectivity index (χ0v) is 10.4. The van der Waals surface area contributed by atoms with Crippen LogP contribution < -0.4 is 5.32 Å². The number of amides is 1. The van der Waals surface area contributed by atoms with Crippen molar-refractivity contribution in [2.75, 3.05) is 5.32 Å². The molecule has 0 saturated heterocycles. The molecule has 1 aromatic heterocycles. The van der Waals surface area contributed by atoms with Crippen LogP contribution in [0.4, 0.5) is 10.1 Å². The first-order valence-electron chi connectivity index (χ1n) is 6.02. The van der Waals surface area contributed by atoms with Crippen molar-refractivity contribution >= 4 is 22.6 Å². The molecule has 0 unspecified atom stereocenters. The maximum Gasteiger partial charge on any atom is 0.275 e. The number of benzene rings is 2. The Morgan fingerprint density at radius 3 is 2.50 bits per heavy atom. The minimum Gasteiger partial charge on any atom is -0.318 e. The van der Waals surface area contributed by atoms with Crippen molar-refractivity contribution in [3.05, 3.63) is 66.2 Å². The molecule has 0 saturated carbocycles. The van der Waals surface area contributed by atoms with Gasteiger partial charge in [-0.25, -0.2) is 9.37 Å². The van der Waals surface area contributed by atoms with E-state index in [9.17, 15) is 9.18 Å². The normalized spacial score (nSPS) is 10.4. The zero-order chi connectivity index (χ0) is 13.9. The Bertz CT molecular complexity index is 789. The van der Waals surface area contributed by atoms with E-state index in [0.717, 1.165) is 0 Å². The summed E-state index contributed by atoms with van der Waals surface area (Å²) in [5, 5.41) is 2.47. The molecule has 0 aliphatic heterocycles. The summed E-state index contributed by atoms with van der Waals surface area (Å²) in [4.78, 5) is 20.4. The van der Waals surface area contributed by atoms with Crippen molar-refractivity contribution in [3.63, 3.8) is 0 Å². The molecule has 4 nitrogen and oxygen atoms in total. The molecule has 0 spiro atoms. The predicted octanol–water partition coefficient (Wildman–Crippen LogP) is 3.02. The predicted molar refractivity (Wildman–Crippen MR) is 73.9 cm³/mol. The number of fused-ring (bicyclic) bond motifs is 1. The average molecular weight is 267 g/mol. The van der Waals surface area contributed by atoms with Gasteiger partial charge in [0.1, 0.15) is 11.5 Å². The summed E-state index contributed by atoms with van der Waals surface area (Å²) in [6, 6.07) is 13.2. The summed E-state index contributed by atoms with van der Waals surface area (Å²) < 4.78 is 13.5. The molecule has 0 radical (unpaired) electrons. The van der Waals surface area contributed by atoms with Gasteiger partial charge in [0.2, 0.25) is 0 Å². The van der Waals surface area contributed by atoms with Gasteiger partial charge in [0.05, 0.1) is 22.9 Å². The van der Waals surface area contributed by atoms with Crippen LogP contribution in [0, 0.1) is 5.82 Å². The summed E-state index contributed by atoms with van der Waals surface area (Å²) in [6.07, 6.45) is 1.37. The summed E-state index contributed by atoms with van der Waals surface area (Å²) in [7, 11) is 0. The molecule has 3 rings (SSSR count). The van der Waals surface area contributed by atoms with Crippen LogP contribution in [0.2, 0.25) is 0 Å². The van der Waals surface area contributed by atoms with E-state index >= 15 is 0 Å². The van der Waals surface area contributed by atoms with E-state index in [-0.39, 0.29) is 11.4 Å². The molecule has 98 valence electrons. The highest BCUT2D eigenvalue weighted by Crippen LogP contribution is 2.14. The molecule has 5 heteroatoms. The highest BCUT2D eigenvalue weighted by atomic mass is 19.1. The molecule has 0 aliphatic rings. The van der Waals surface area contributed by atoms with E-state index < -0.39 is 11.7 Å². The van der Waals surface area contributed by atoms with Gasteiger partial charge in [-0.1, -0.05) is 24.3 Å². The Hall–Kier alpha value is -2.82. The Balaban J connectivity index is 1.91. The second kappa shape index (κ2) is 5.05. The van der Waals surface area contributed by atoms with Crippen LogP contribution in [0.1, 0.15) is 10.5 Å². The molecule has 0 atom stereocenters. The highest BCUT2D eigenvalue weighted by Gasteiger charge is 2.11. The summed E-state index contributed by atoms with van der Waals surface area (Å²) in [6.45, 7) is 0. The number of nitrogens with one attached hydrogen (secondary N) is 1. The van der Waals surface area contributed by atoms with E-state index in [4.69, 9.17) is 0 Å². The lowest BCUT2D eigenvalue weighted by Crippen LogP contribution is -2.15. The lowest BCUT2D eigenvalue weighted by atomic mass is 10.2. The number of para-hydroxylation sites is 3. The number of anilines is 1. The molecule has 0 fully saturated rings. The molecule has 1 amide bonds. The second-order valence-corrected chi connectivity index (χ2v) is 4.18. The van der Waals surface area contributed by atoms with Gasteiger partial charge < -0.3 is 5.32 Å². The third-order valence-electron chi connectivity index (χ3n) is 2.80. The van der Waals surface area contributed by atoms with Crippen LogP contribution in [-0.2, 0) is 0 Å². The van der Waals surface area contributed by atoms with Crippen LogP contribution in [0.25, 0.3) is 11.0 Å². The lowest BCUT2D eigenvalue weighted by molar-refractivity contribution is 0.102. The minimum atomic E-state index is -0.492. The Morgan fingerprint density at radius 1 is 1.00 bits per heavy atom. The largest absolute Gasteiger partial charge is 0.318 e. The molecule has 0 aliphatic carbocycles. The third kappa shape index (κ3) is 2.33. The van der Waals surface area contributed by atoms with Crippen molar-refractivity contribution < 1.29 is 9.18 Å². The minimum absolute atomic E-state index is 0.118.